The molecule has 1 N–H and O–H groups in total. The second-order valence-corrected chi connectivity index (χ2v) is 5.77. The van der Waals surface area contributed by atoms with E-state index in [2.05, 4.69) is 32.2 Å². The zero-order chi connectivity index (χ0) is 10.9. The van der Waals surface area contributed by atoms with Gasteiger partial charge in [0.1, 0.15) is 0 Å². The summed E-state index contributed by atoms with van der Waals surface area (Å²) in [5.74, 6) is 0.910. The van der Waals surface area contributed by atoms with E-state index in [1.165, 1.54) is 38.6 Å². The quantitative estimate of drug-likeness (QED) is 0.696. The van der Waals surface area contributed by atoms with Crippen molar-refractivity contribution in [2.45, 2.75) is 58.9 Å². The molecule has 0 aromatic rings. The third-order valence-electron chi connectivity index (χ3n) is 4.21. The Morgan fingerprint density at radius 2 is 2.20 bits per heavy atom. The monoisotopic (exact) mass is 207 g/mol. The van der Waals surface area contributed by atoms with Crippen molar-refractivity contribution in [2.75, 3.05) is 6.54 Å². The van der Waals surface area contributed by atoms with Crippen molar-refractivity contribution in [3.8, 4) is 0 Å². The second kappa shape index (κ2) is 4.29. The third kappa shape index (κ3) is 2.28. The first kappa shape index (κ1) is 11.2. The van der Waals surface area contributed by atoms with Crippen LogP contribution in [0.15, 0.2) is 11.6 Å². The first-order valence-electron chi connectivity index (χ1n) is 6.58. The van der Waals surface area contributed by atoms with Crippen LogP contribution < -0.4 is 5.32 Å². The van der Waals surface area contributed by atoms with Crippen molar-refractivity contribution >= 4 is 0 Å². The van der Waals surface area contributed by atoms with Gasteiger partial charge in [0, 0.05) is 18.0 Å². The van der Waals surface area contributed by atoms with E-state index < -0.39 is 0 Å². The van der Waals surface area contributed by atoms with Crippen LogP contribution in [0.3, 0.4) is 0 Å². The van der Waals surface area contributed by atoms with E-state index in [1.54, 1.807) is 5.57 Å². The average molecular weight is 207 g/mol. The normalized spacial score (nSPS) is 35.5. The molecule has 1 nitrogen and oxygen atoms in total. The fraction of sp³-hybridized carbons (Fsp3) is 0.857. The molecule has 0 radical (unpaired) electrons. The molecule has 15 heavy (non-hydrogen) atoms. The van der Waals surface area contributed by atoms with Gasteiger partial charge in [-0.3, -0.25) is 0 Å². The van der Waals surface area contributed by atoms with Crippen molar-refractivity contribution in [3.63, 3.8) is 0 Å². The minimum atomic E-state index is 0.560. The van der Waals surface area contributed by atoms with Crippen LogP contribution in [0.25, 0.3) is 0 Å². The summed E-state index contributed by atoms with van der Waals surface area (Å²) in [6.45, 7) is 8.11. The Hall–Kier alpha value is -0.300. The first-order chi connectivity index (χ1) is 7.15. The highest BCUT2D eigenvalue weighted by Gasteiger charge is 2.52. The number of rotatable bonds is 4. The summed E-state index contributed by atoms with van der Waals surface area (Å²) in [4.78, 5) is 0. The van der Waals surface area contributed by atoms with Gasteiger partial charge in [0.2, 0.25) is 0 Å². The molecule has 0 aromatic heterocycles. The van der Waals surface area contributed by atoms with Crippen molar-refractivity contribution in [1.82, 2.24) is 5.32 Å². The fourth-order valence-electron chi connectivity index (χ4n) is 2.97. The molecule has 2 aliphatic carbocycles. The minimum absolute atomic E-state index is 0.560. The summed E-state index contributed by atoms with van der Waals surface area (Å²) in [7, 11) is 0. The van der Waals surface area contributed by atoms with Gasteiger partial charge < -0.3 is 5.32 Å². The van der Waals surface area contributed by atoms with Gasteiger partial charge >= 0.3 is 0 Å². The molecule has 2 aliphatic rings. The van der Waals surface area contributed by atoms with Crippen molar-refractivity contribution in [1.29, 1.82) is 0 Å². The lowest BCUT2D eigenvalue weighted by Gasteiger charge is -2.25. The molecule has 0 aliphatic heterocycles. The van der Waals surface area contributed by atoms with Crippen LogP contribution in [0.5, 0.6) is 0 Å². The summed E-state index contributed by atoms with van der Waals surface area (Å²) in [6.07, 6.45) is 9.47. The molecule has 0 bridgehead atoms. The maximum absolute atomic E-state index is 3.64. The molecule has 1 fully saturated rings. The Kier molecular flexibility index (Phi) is 3.20. The number of hydrogen-bond donors (Lipinski definition) is 1. The Balaban J connectivity index is 1.99. The Morgan fingerprint density at radius 1 is 1.47 bits per heavy atom. The maximum Gasteiger partial charge on any atom is 0.00655 e. The molecule has 0 aromatic carbocycles. The van der Waals surface area contributed by atoms with Crippen LogP contribution >= 0.6 is 0 Å². The van der Waals surface area contributed by atoms with Crippen molar-refractivity contribution < 1.29 is 0 Å². The topological polar surface area (TPSA) is 12.0 Å². The highest BCUT2D eigenvalue weighted by atomic mass is 14.9. The van der Waals surface area contributed by atoms with E-state index in [0.29, 0.717) is 11.5 Å². The summed E-state index contributed by atoms with van der Waals surface area (Å²) in [5, 5.41) is 3.64. The van der Waals surface area contributed by atoms with E-state index in [0.717, 1.165) is 5.92 Å². The van der Waals surface area contributed by atoms with Gasteiger partial charge in [-0.1, -0.05) is 32.4 Å². The molecular weight excluding hydrogens is 182 g/mol. The standard InChI is InChI=1S/C14H25N/c1-11(2)15-10-14(9-12(14)3)13-7-5-4-6-8-13/h7,11-12,15H,4-6,8-10H2,1-3H3. The number of hydrogen-bond acceptors (Lipinski definition) is 1. The van der Waals surface area contributed by atoms with E-state index in [9.17, 15) is 0 Å². The molecule has 0 spiro atoms. The van der Waals surface area contributed by atoms with Gasteiger partial charge in [-0.2, -0.15) is 0 Å². The lowest BCUT2D eigenvalue weighted by molar-refractivity contribution is 0.435. The van der Waals surface area contributed by atoms with E-state index >= 15 is 0 Å². The van der Waals surface area contributed by atoms with Crippen LogP contribution in [-0.4, -0.2) is 12.6 Å². The lowest BCUT2D eigenvalue weighted by Crippen LogP contribution is -2.32. The van der Waals surface area contributed by atoms with E-state index in [-0.39, 0.29) is 0 Å². The Bertz CT molecular complexity index is 254. The van der Waals surface area contributed by atoms with Gasteiger partial charge in [0.25, 0.3) is 0 Å². The van der Waals surface area contributed by atoms with E-state index in [4.69, 9.17) is 0 Å². The van der Waals surface area contributed by atoms with Gasteiger partial charge in [0.05, 0.1) is 0 Å². The smallest absolute Gasteiger partial charge is 0.00655 e. The molecule has 1 heteroatoms. The minimum Gasteiger partial charge on any atom is -0.314 e. The summed E-state index contributed by atoms with van der Waals surface area (Å²) < 4.78 is 0. The van der Waals surface area contributed by atoms with Crippen LogP contribution in [-0.2, 0) is 0 Å². The van der Waals surface area contributed by atoms with Crippen LogP contribution in [0.2, 0.25) is 0 Å². The highest BCUT2D eigenvalue weighted by molar-refractivity contribution is 5.26. The van der Waals surface area contributed by atoms with Gasteiger partial charge in [-0.05, 0) is 38.0 Å². The van der Waals surface area contributed by atoms with Gasteiger partial charge in [-0.15, -0.1) is 0 Å². The molecule has 0 saturated heterocycles. The summed E-state index contributed by atoms with van der Waals surface area (Å²) in [5.41, 5.74) is 2.33. The molecule has 2 atom stereocenters. The zero-order valence-corrected chi connectivity index (χ0v) is 10.5. The molecule has 1 saturated carbocycles. The van der Waals surface area contributed by atoms with Crippen molar-refractivity contribution in [2.24, 2.45) is 11.3 Å². The number of allylic oxidation sites excluding steroid dienone is 1. The predicted octanol–water partition coefficient (Wildman–Crippen LogP) is 3.51. The zero-order valence-electron chi connectivity index (χ0n) is 10.5. The lowest BCUT2D eigenvalue weighted by atomic mass is 9.85. The predicted molar refractivity (Wildman–Crippen MR) is 65.9 cm³/mol. The Labute approximate surface area is 94.3 Å². The summed E-state index contributed by atoms with van der Waals surface area (Å²) >= 11 is 0. The highest BCUT2D eigenvalue weighted by Crippen LogP contribution is 2.59. The van der Waals surface area contributed by atoms with Gasteiger partial charge in [0.15, 0.2) is 0 Å². The second-order valence-electron chi connectivity index (χ2n) is 5.77. The fourth-order valence-corrected chi connectivity index (χ4v) is 2.97. The average Bonchev–Trinajstić information content (AvgIpc) is 2.89. The molecule has 0 amide bonds. The Morgan fingerprint density at radius 3 is 2.67 bits per heavy atom. The van der Waals surface area contributed by atoms with Crippen molar-refractivity contribution in [3.05, 3.63) is 11.6 Å². The largest absolute Gasteiger partial charge is 0.314 e. The number of nitrogens with one attached hydrogen (secondary N) is 1. The SMILES string of the molecule is CC(C)NCC1(C2=CCCCC2)CC1C. The molecule has 86 valence electrons. The molecule has 0 heterocycles. The molecular formula is C14H25N. The van der Waals surface area contributed by atoms with Crippen LogP contribution in [0, 0.1) is 11.3 Å². The summed E-state index contributed by atoms with van der Waals surface area (Å²) in [6, 6.07) is 0.624. The first-order valence-corrected chi connectivity index (χ1v) is 6.58. The van der Waals surface area contributed by atoms with Crippen LogP contribution in [0.4, 0.5) is 0 Å². The molecule has 2 rings (SSSR count). The third-order valence-corrected chi connectivity index (χ3v) is 4.21. The van der Waals surface area contributed by atoms with Crippen LogP contribution in [0.1, 0.15) is 52.9 Å². The van der Waals surface area contributed by atoms with E-state index in [1.807, 2.05) is 0 Å². The molecule has 2 unspecified atom stereocenters. The van der Waals surface area contributed by atoms with Gasteiger partial charge in [-0.25, -0.2) is 0 Å². The maximum atomic E-state index is 3.64.